The molecule has 11 aromatic rings. The maximum absolute atomic E-state index is 14.1. The van der Waals surface area contributed by atoms with Gasteiger partial charge < -0.3 is 0 Å². The molecule has 0 atom stereocenters. The summed E-state index contributed by atoms with van der Waals surface area (Å²) in [5.41, 5.74) is 19.9. The molecule has 5 heterocycles. The van der Waals surface area contributed by atoms with Gasteiger partial charge in [0.1, 0.15) is 17.1 Å². The predicted octanol–water partition coefficient (Wildman–Crippen LogP) is 18.6. The Morgan fingerprint density at radius 2 is 0.709 bits per heavy atom. The average Bonchev–Trinajstić information content (AvgIpc) is 3.36. The Hall–Kier alpha value is -10.0. The van der Waals surface area contributed by atoms with Crippen LogP contribution in [0.25, 0.3) is 79.3 Å². The monoisotopic (exact) mass is 1160 g/mol. The largest absolute Gasteiger partial charge is 0.298 e. The molecule has 0 saturated carbocycles. The lowest BCUT2D eigenvalue weighted by atomic mass is 9.84. The van der Waals surface area contributed by atoms with Crippen LogP contribution in [0.15, 0.2) is 234 Å². The van der Waals surface area contributed by atoms with Crippen LogP contribution in [-0.2, 0) is 19.3 Å². The molecule has 0 radical (unpaired) electrons. The fraction of sp³-hybridized carbons (Fsp3) is 0.105. The fourth-order valence-corrected chi connectivity index (χ4v) is 12.7. The summed E-state index contributed by atoms with van der Waals surface area (Å²) >= 11 is 2.86. The standard InChI is InChI=1S/C48H34N2O2S.C21H17NO.C6H4O2S.CH4/c51-47-36(21-23-39-41(32-13-5-1-6-14-32)28-43(49-45(39)47)34-17-9-3-10-18-34)25-31-26-38(53-30-31)27-37-22-24-40-42(33-15-7-2-8-16-33)29-44(50-46(40)48(37)52)35-19-11-4-12-20-35;23-20-13-7-12-17-18(15-8-3-1-4-9-15)14-19(22-21(17)20)16-10-5-2-6-11-16;7-2-5-1-6(3-8)9-4-5;/h1-20,25-30H,21-24H2;1-6,8-11,14H,7,12-13H2;1-4H;1H4/b36-25+,37-27+;;;. The number of nitrogens with zero attached hydrogens (tertiary/aromatic N) is 3. The van der Waals surface area contributed by atoms with Crippen LogP contribution < -0.4 is 0 Å². The van der Waals surface area contributed by atoms with Crippen molar-refractivity contribution in [3.8, 4) is 67.2 Å². The Bertz CT molecular complexity index is 4140. The van der Waals surface area contributed by atoms with Crippen LogP contribution in [0.3, 0.4) is 0 Å². The molecule has 5 aromatic heterocycles. The molecule has 0 N–H and O–H groups in total. The number of pyridine rings is 3. The number of thiophene rings is 2. The van der Waals surface area contributed by atoms with Gasteiger partial charge in [-0.3, -0.25) is 24.0 Å². The molecule has 0 fully saturated rings. The smallest absolute Gasteiger partial charge is 0.207 e. The number of rotatable bonds is 10. The number of carbonyl (C=O) groups is 5. The lowest BCUT2D eigenvalue weighted by molar-refractivity contribution is 0.0965. The summed E-state index contributed by atoms with van der Waals surface area (Å²) in [6.45, 7) is 0. The molecule has 10 heteroatoms. The second-order valence-electron chi connectivity index (χ2n) is 20.9. The zero-order chi connectivity index (χ0) is 58.1. The van der Waals surface area contributed by atoms with Crippen molar-refractivity contribution >= 4 is 64.7 Å². The second-order valence-corrected chi connectivity index (χ2v) is 22.8. The molecule has 8 nitrogen and oxygen atoms in total. The van der Waals surface area contributed by atoms with Crippen molar-refractivity contribution < 1.29 is 24.0 Å². The number of aldehydes is 2. The first kappa shape index (κ1) is 57.8. The predicted molar refractivity (Wildman–Crippen MR) is 350 cm³/mol. The molecule has 0 amide bonds. The third-order valence-electron chi connectivity index (χ3n) is 15.4. The molecule has 420 valence electrons. The van der Waals surface area contributed by atoms with E-state index in [1.807, 2.05) is 158 Å². The van der Waals surface area contributed by atoms with Crippen molar-refractivity contribution in [1.29, 1.82) is 0 Å². The van der Waals surface area contributed by atoms with Crippen molar-refractivity contribution in [3.63, 3.8) is 0 Å². The van der Waals surface area contributed by atoms with Crippen LogP contribution in [0.4, 0.5) is 0 Å². The van der Waals surface area contributed by atoms with E-state index in [0.717, 1.165) is 144 Å². The van der Waals surface area contributed by atoms with E-state index >= 15 is 0 Å². The van der Waals surface area contributed by atoms with Crippen molar-refractivity contribution in [2.75, 3.05) is 0 Å². The Labute approximate surface area is 509 Å². The summed E-state index contributed by atoms with van der Waals surface area (Å²) < 4.78 is 0. The first-order valence-corrected chi connectivity index (χ1v) is 30.1. The van der Waals surface area contributed by atoms with E-state index < -0.39 is 0 Å². The minimum absolute atomic E-state index is 0. The molecule has 0 bridgehead atoms. The van der Waals surface area contributed by atoms with Crippen LogP contribution in [0.1, 0.15) is 112 Å². The van der Waals surface area contributed by atoms with Crippen molar-refractivity contribution in [1.82, 2.24) is 15.0 Å². The van der Waals surface area contributed by atoms with Crippen LogP contribution >= 0.6 is 22.7 Å². The zero-order valence-corrected chi connectivity index (χ0v) is 48.0. The summed E-state index contributed by atoms with van der Waals surface area (Å²) in [5, 5.41) is 3.71. The van der Waals surface area contributed by atoms with Crippen molar-refractivity contribution in [3.05, 3.63) is 289 Å². The minimum Gasteiger partial charge on any atom is -0.298 e. The minimum atomic E-state index is -0.0269. The second kappa shape index (κ2) is 26.7. The summed E-state index contributed by atoms with van der Waals surface area (Å²) in [6, 6.07) is 71.0. The number of aromatic nitrogens is 3. The Morgan fingerprint density at radius 1 is 0.349 bits per heavy atom. The number of ketones is 3. The van der Waals surface area contributed by atoms with Crippen LogP contribution in [0, 0.1) is 0 Å². The summed E-state index contributed by atoms with van der Waals surface area (Å²) in [7, 11) is 0. The summed E-state index contributed by atoms with van der Waals surface area (Å²) in [6.07, 6.45) is 10.7. The first-order valence-electron chi connectivity index (χ1n) is 28.3. The third kappa shape index (κ3) is 12.7. The normalized spacial score (nSPS) is 14.1. The number of carbonyl (C=O) groups excluding carboxylic acids is 5. The molecule has 3 aliphatic rings. The number of hydrogen-bond acceptors (Lipinski definition) is 10. The van der Waals surface area contributed by atoms with Crippen molar-refractivity contribution in [2.24, 2.45) is 0 Å². The number of benzene rings is 6. The van der Waals surface area contributed by atoms with E-state index in [9.17, 15) is 24.0 Å². The van der Waals surface area contributed by atoms with E-state index in [-0.39, 0.29) is 24.8 Å². The third-order valence-corrected chi connectivity index (χ3v) is 17.2. The highest BCUT2D eigenvalue weighted by Gasteiger charge is 2.30. The highest BCUT2D eigenvalue weighted by Crippen LogP contribution is 2.40. The Balaban J connectivity index is 0.000000190. The highest BCUT2D eigenvalue weighted by atomic mass is 32.1. The molecule has 86 heavy (non-hydrogen) atoms. The van der Waals surface area contributed by atoms with E-state index in [1.54, 1.807) is 22.8 Å². The van der Waals surface area contributed by atoms with E-state index in [0.29, 0.717) is 46.8 Å². The van der Waals surface area contributed by atoms with Gasteiger partial charge in [-0.2, -0.15) is 0 Å². The molecule has 14 rings (SSSR count). The lowest BCUT2D eigenvalue weighted by Gasteiger charge is -2.21. The van der Waals surface area contributed by atoms with Gasteiger partial charge in [0.25, 0.3) is 0 Å². The van der Waals surface area contributed by atoms with Gasteiger partial charge in [0, 0.05) is 50.1 Å². The lowest BCUT2D eigenvalue weighted by Crippen LogP contribution is -2.18. The topological polar surface area (TPSA) is 124 Å². The maximum Gasteiger partial charge on any atom is 0.207 e. The van der Waals surface area contributed by atoms with Gasteiger partial charge in [-0.1, -0.05) is 189 Å². The SMILES string of the molecule is C.O=C1/C(=C/c2csc(/C=C3\CCc4c(-c5ccccc5)cc(-c5ccccc5)nc4C3=O)c2)CCc2c(-c3ccccc3)cc(-c3ccccc3)nc21.O=C1CCCc2c(-c3ccccc3)cc(-c3ccccc3)nc21.O=Cc1csc(C=O)c1. The summed E-state index contributed by atoms with van der Waals surface area (Å²) in [5.74, 6) is 0.116. The quantitative estimate of drug-likeness (QED) is 0.0979. The fourth-order valence-electron chi connectivity index (χ4n) is 11.2. The van der Waals surface area contributed by atoms with Crippen molar-refractivity contribution in [2.45, 2.75) is 52.4 Å². The van der Waals surface area contributed by atoms with E-state index in [1.165, 1.54) is 11.3 Å². The molecule has 0 unspecified atom stereocenters. The molecule has 0 spiro atoms. The molecular weight excluding hydrogens is 1100 g/mol. The van der Waals surface area contributed by atoms with Gasteiger partial charge in [0.2, 0.25) is 11.6 Å². The highest BCUT2D eigenvalue weighted by molar-refractivity contribution is 7.12. The molecule has 3 aliphatic carbocycles. The Kier molecular flexibility index (Phi) is 18.0. The van der Waals surface area contributed by atoms with Gasteiger partial charge in [0.15, 0.2) is 18.4 Å². The average molecular weight is 1160 g/mol. The van der Waals surface area contributed by atoms with Gasteiger partial charge >= 0.3 is 0 Å². The van der Waals surface area contributed by atoms with Crippen LogP contribution in [-0.4, -0.2) is 44.9 Å². The number of Topliss-reactive ketones (excluding diaryl/α,β-unsaturated/α-hetero) is 3. The van der Waals surface area contributed by atoms with Gasteiger partial charge in [-0.25, -0.2) is 15.0 Å². The zero-order valence-electron chi connectivity index (χ0n) is 46.3. The van der Waals surface area contributed by atoms with E-state index in [4.69, 9.17) is 15.0 Å². The number of fused-ring (bicyclic) bond motifs is 3. The molecule has 0 aliphatic heterocycles. The molecule has 0 saturated heterocycles. The van der Waals surface area contributed by atoms with Gasteiger partial charge in [0.05, 0.1) is 22.0 Å². The maximum atomic E-state index is 14.1. The van der Waals surface area contributed by atoms with Gasteiger partial charge in [-0.15, -0.1) is 22.7 Å². The molecule has 6 aromatic carbocycles. The number of allylic oxidation sites excluding steroid dienone is 2. The van der Waals surface area contributed by atoms with Crippen LogP contribution in [0.5, 0.6) is 0 Å². The molecular formula is C76H59N3O5S2. The first-order chi connectivity index (χ1) is 41.8. The summed E-state index contributed by atoms with van der Waals surface area (Å²) in [4.78, 5) is 76.9. The number of hydrogen-bond donors (Lipinski definition) is 0. The Morgan fingerprint density at radius 3 is 1.10 bits per heavy atom. The van der Waals surface area contributed by atoms with Gasteiger partial charge in [-0.05, 0) is 142 Å². The van der Waals surface area contributed by atoms with E-state index in [2.05, 4.69) is 66.0 Å². The van der Waals surface area contributed by atoms with Crippen LogP contribution in [0.2, 0.25) is 0 Å².